The maximum atomic E-state index is 12.3. The molecule has 0 aliphatic carbocycles. The highest BCUT2D eigenvalue weighted by molar-refractivity contribution is 7.11. The van der Waals surface area contributed by atoms with E-state index >= 15 is 0 Å². The molecule has 1 saturated heterocycles. The quantitative estimate of drug-likeness (QED) is 0.746. The van der Waals surface area contributed by atoms with Gasteiger partial charge in [-0.15, -0.1) is 11.3 Å². The molecule has 0 spiro atoms. The van der Waals surface area contributed by atoms with Crippen LogP contribution in [0.2, 0.25) is 0 Å². The van der Waals surface area contributed by atoms with Crippen molar-refractivity contribution in [3.63, 3.8) is 0 Å². The molecule has 2 aromatic rings. The summed E-state index contributed by atoms with van der Waals surface area (Å²) in [7, 11) is 1.62. The van der Waals surface area contributed by atoms with Crippen LogP contribution in [-0.2, 0) is 25.6 Å². The van der Waals surface area contributed by atoms with Crippen LogP contribution in [0.4, 0.5) is 0 Å². The topological polar surface area (TPSA) is 66.9 Å². The number of hydrogen-bond acceptors (Lipinski definition) is 7. The third-order valence-electron chi connectivity index (χ3n) is 3.52. The van der Waals surface area contributed by atoms with E-state index in [1.165, 1.54) is 11.3 Å². The lowest BCUT2D eigenvalue weighted by molar-refractivity contribution is -0.0442. The molecule has 128 valence electrons. The van der Waals surface area contributed by atoms with Crippen LogP contribution in [0.5, 0.6) is 0 Å². The van der Waals surface area contributed by atoms with Crippen LogP contribution in [0.15, 0.2) is 30.5 Å². The summed E-state index contributed by atoms with van der Waals surface area (Å²) in [5.74, 6) is -0.372. The van der Waals surface area contributed by atoms with Gasteiger partial charge in [0, 0.05) is 13.3 Å². The first-order valence-corrected chi connectivity index (χ1v) is 8.46. The number of esters is 1. The third-order valence-corrected chi connectivity index (χ3v) is 4.70. The monoisotopic (exact) mass is 349 g/mol. The average molecular weight is 349 g/mol. The van der Waals surface area contributed by atoms with Gasteiger partial charge in [-0.2, -0.15) is 0 Å². The molecule has 1 aromatic heterocycles. The molecular weight excluding hydrogens is 330 g/mol. The van der Waals surface area contributed by atoms with Gasteiger partial charge in [-0.05, 0) is 24.6 Å². The van der Waals surface area contributed by atoms with E-state index in [0.717, 1.165) is 15.4 Å². The van der Waals surface area contributed by atoms with E-state index < -0.39 is 12.4 Å². The molecule has 3 rings (SSSR count). The molecule has 1 aliphatic rings. The van der Waals surface area contributed by atoms with Gasteiger partial charge in [0.1, 0.15) is 11.1 Å². The van der Waals surface area contributed by atoms with E-state index in [-0.39, 0.29) is 5.97 Å². The number of hydrogen-bond donors (Lipinski definition) is 0. The molecule has 1 aromatic carbocycles. The average Bonchev–Trinajstić information content (AvgIpc) is 3.26. The van der Waals surface area contributed by atoms with Crippen molar-refractivity contribution in [2.75, 3.05) is 20.3 Å². The van der Waals surface area contributed by atoms with Gasteiger partial charge in [-0.3, -0.25) is 0 Å². The Morgan fingerprint density at radius 3 is 2.96 bits per heavy atom. The molecule has 24 heavy (non-hydrogen) atoms. The number of thiazole rings is 1. The highest BCUT2D eigenvalue weighted by Gasteiger charge is 2.24. The SMILES string of the molecule is COCc1cccc(C(=O)O[C@@H](C)c2cnc(C3OCCO3)s2)c1. The second-order valence-electron chi connectivity index (χ2n) is 5.36. The van der Waals surface area contributed by atoms with Crippen molar-refractivity contribution in [3.05, 3.63) is 51.5 Å². The molecule has 1 aliphatic heterocycles. The molecule has 1 atom stereocenters. The first-order valence-electron chi connectivity index (χ1n) is 7.65. The Morgan fingerprint density at radius 2 is 2.21 bits per heavy atom. The van der Waals surface area contributed by atoms with Gasteiger partial charge >= 0.3 is 5.97 Å². The summed E-state index contributed by atoms with van der Waals surface area (Å²) >= 11 is 1.43. The van der Waals surface area contributed by atoms with E-state index in [1.54, 1.807) is 25.4 Å². The molecule has 0 bridgehead atoms. The zero-order valence-electron chi connectivity index (χ0n) is 13.6. The lowest BCUT2D eigenvalue weighted by Crippen LogP contribution is -2.08. The standard InChI is InChI=1S/C17H19NO5S/c1-11(14-9-18-15(24-14)17-21-6-7-22-17)23-16(19)13-5-3-4-12(8-13)10-20-2/h3-5,8-9,11,17H,6-7,10H2,1-2H3/t11-/m0/s1. The number of nitrogens with zero attached hydrogens (tertiary/aromatic N) is 1. The highest BCUT2D eigenvalue weighted by atomic mass is 32.1. The third kappa shape index (κ3) is 3.99. The largest absolute Gasteiger partial charge is 0.453 e. The molecule has 6 nitrogen and oxygen atoms in total. The number of ether oxygens (including phenoxy) is 4. The lowest BCUT2D eigenvalue weighted by atomic mass is 10.1. The summed E-state index contributed by atoms with van der Waals surface area (Å²) in [6, 6.07) is 7.22. The summed E-state index contributed by atoms with van der Waals surface area (Å²) in [4.78, 5) is 17.5. The van der Waals surface area contributed by atoms with Gasteiger partial charge in [0.05, 0.1) is 30.3 Å². The van der Waals surface area contributed by atoms with Crippen LogP contribution in [0, 0.1) is 0 Å². The van der Waals surface area contributed by atoms with Crippen LogP contribution in [0.1, 0.15) is 45.1 Å². The Balaban J connectivity index is 1.64. The smallest absolute Gasteiger partial charge is 0.338 e. The van der Waals surface area contributed by atoms with Crippen LogP contribution >= 0.6 is 11.3 Å². The summed E-state index contributed by atoms with van der Waals surface area (Å²) < 4.78 is 21.5. The first kappa shape index (κ1) is 17.0. The number of methoxy groups -OCH3 is 1. The number of benzene rings is 1. The van der Waals surface area contributed by atoms with Crippen molar-refractivity contribution in [3.8, 4) is 0 Å². The molecule has 0 saturated carbocycles. The second-order valence-corrected chi connectivity index (χ2v) is 6.45. The molecule has 0 unspecified atom stereocenters. The fourth-order valence-electron chi connectivity index (χ4n) is 2.34. The highest BCUT2D eigenvalue weighted by Crippen LogP contribution is 2.31. The minimum atomic E-state index is -0.405. The fraction of sp³-hybridized carbons (Fsp3) is 0.412. The summed E-state index contributed by atoms with van der Waals surface area (Å²) in [6.07, 6.45) is 0.901. The van der Waals surface area contributed by atoms with Crippen molar-refractivity contribution >= 4 is 17.3 Å². The maximum absolute atomic E-state index is 12.3. The zero-order valence-corrected chi connectivity index (χ0v) is 14.4. The van der Waals surface area contributed by atoms with Crippen LogP contribution in [0.3, 0.4) is 0 Å². The molecule has 0 N–H and O–H groups in total. The Bertz CT molecular complexity index is 696. The Hall–Kier alpha value is -1.80. The first-order chi connectivity index (χ1) is 11.7. The number of rotatable bonds is 6. The van der Waals surface area contributed by atoms with Crippen molar-refractivity contribution in [1.82, 2.24) is 4.98 Å². The predicted octanol–water partition coefficient (Wildman–Crippen LogP) is 3.25. The summed E-state index contributed by atoms with van der Waals surface area (Å²) in [5.41, 5.74) is 1.43. The van der Waals surface area contributed by atoms with Gasteiger partial charge in [-0.25, -0.2) is 9.78 Å². The molecule has 1 fully saturated rings. The molecule has 0 amide bonds. The van der Waals surface area contributed by atoms with E-state index in [2.05, 4.69) is 4.98 Å². The van der Waals surface area contributed by atoms with Crippen molar-refractivity contribution in [1.29, 1.82) is 0 Å². The second kappa shape index (κ2) is 7.85. The van der Waals surface area contributed by atoms with E-state index in [1.807, 2.05) is 19.1 Å². The lowest BCUT2D eigenvalue weighted by Gasteiger charge is -2.12. The van der Waals surface area contributed by atoms with Gasteiger partial charge < -0.3 is 18.9 Å². The molecule has 7 heteroatoms. The summed E-state index contributed by atoms with van der Waals surface area (Å²) in [6.45, 7) is 3.42. The number of aromatic nitrogens is 1. The minimum absolute atomic E-state index is 0.372. The number of carbonyl (C=O) groups is 1. The van der Waals surface area contributed by atoms with E-state index in [0.29, 0.717) is 25.4 Å². The Labute approximate surface area is 144 Å². The normalized spacial score (nSPS) is 16.2. The maximum Gasteiger partial charge on any atom is 0.338 e. The van der Waals surface area contributed by atoms with Gasteiger partial charge in [0.15, 0.2) is 0 Å². The van der Waals surface area contributed by atoms with Crippen molar-refractivity contribution in [2.24, 2.45) is 0 Å². The Morgan fingerprint density at radius 1 is 1.42 bits per heavy atom. The van der Waals surface area contributed by atoms with E-state index in [4.69, 9.17) is 18.9 Å². The molecular formula is C17H19NO5S. The fourth-order valence-corrected chi connectivity index (χ4v) is 3.24. The van der Waals surface area contributed by atoms with Gasteiger partial charge in [0.2, 0.25) is 6.29 Å². The summed E-state index contributed by atoms with van der Waals surface area (Å²) in [5, 5.41) is 0.743. The van der Waals surface area contributed by atoms with Crippen molar-refractivity contribution < 1.29 is 23.7 Å². The van der Waals surface area contributed by atoms with Gasteiger partial charge in [-0.1, -0.05) is 12.1 Å². The predicted molar refractivity (Wildman–Crippen MR) is 87.7 cm³/mol. The van der Waals surface area contributed by atoms with Crippen LogP contribution < -0.4 is 0 Å². The number of carbonyl (C=O) groups excluding carboxylic acids is 1. The Kier molecular flexibility index (Phi) is 5.57. The molecule has 2 heterocycles. The van der Waals surface area contributed by atoms with E-state index in [9.17, 15) is 4.79 Å². The van der Waals surface area contributed by atoms with Crippen LogP contribution in [0.25, 0.3) is 0 Å². The minimum Gasteiger partial charge on any atom is -0.453 e. The zero-order chi connectivity index (χ0) is 16.9. The van der Waals surface area contributed by atoms with Crippen LogP contribution in [-0.4, -0.2) is 31.3 Å². The van der Waals surface area contributed by atoms with Crippen molar-refractivity contribution in [2.45, 2.75) is 25.9 Å². The van der Waals surface area contributed by atoms with Gasteiger partial charge in [0.25, 0.3) is 0 Å². The molecule has 0 radical (unpaired) electrons.